The number of hydrogen-bond acceptors (Lipinski definition) is 6. The van der Waals surface area contributed by atoms with Crippen LogP contribution >= 0.6 is 0 Å². The highest BCUT2D eigenvalue weighted by Gasteiger charge is 2.25. The fourth-order valence-corrected chi connectivity index (χ4v) is 3.10. The molecule has 2 rings (SSSR count). The number of benzene rings is 1. The molecule has 2 amide bonds. The van der Waals surface area contributed by atoms with Crippen LogP contribution in [0.25, 0.3) is 0 Å². The minimum absolute atomic E-state index is 0.0960. The minimum atomic E-state index is -0.529. The average Bonchev–Trinajstić information content (AvgIpc) is 2.65. The average molecular weight is 378 g/mol. The van der Waals surface area contributed by atoms with Crippen molar-refractivity contribution in [3.05, 3.63) is 33.9 Å². The van der Waals surface area contributed by atoms with Gasteiger partial charge in [0.05, 0.1) is 18.1 Å². The molecule has 1 heterocycles. The molecular formula is C18H26N4O5. The monoisotopic (exact) mass is 378 g/mol. The summed E-state index contributed by atoms with van der Waals surface area (Å²) in [5.41, 5.74) is 0.585. The van der Waals surface area contributed by atoms with Gasteiger partial charge in [-0.2, -0.15) is 0 Å². The number of nitro groups is 1. The van der Waals surface area contributed by atoms with E-state index in [1.165, 1.54) is 13.2 Å². The van der Waals surface area contributed by atoms with Gasteiger partial charge in [-0.15, -0.1) is 0 Å². The first-order valence-corrected chi connectivity index (χ1v) is 8.99. The van der Waals surface area contributed by atoms with Gasteiger partial charge in [0.15, 0.2) is 0 Å². The van der Waals surface area contributed by atoms with Crippen molar-refractivity contribution in [2.75, 3.05) is 44.8 Å². The molecule has 1 aromatic carbocycles. The van der Waals surface area contributed by atoms with E-state index in [-0.39, 0.29) is 23.7 Å². The molecule has 0 radical (unpaired) electrons. The van der Waals surface area contributed by atoms with E-state index in [4.69, 9.17) is 4.74 Å². The van der Waals surface area contributed by atoms with Crippen LogP contribution in [-0.4, -0.2) is 56.6 Å². The van der Waals surface area contributed by atoms with E-state index in [1.54, 1.807) is 12.1 Å². The molecule has 1 aliphatic rings. The molecule has 1 atom stereocenters. The molecule has 0 aromatic heterocycles. The molecular weight excluding hydrogens is 352 g/mol. The van der Waals surface area contributed by atoms with Gasteiger partial charge in [0, 0.05) is 38.4 Å². The van der Waals surface area contributed by atoms with Crippen LogP contribution in [0, 0.1) is 16.0 Å². The van der Waals surface area contributed by atoms with Crippen molar-refractivity contribution in [1.82, 2.24) is 10.6 Å². The third kappa shape index (κ3) is 5.92. The summed E-state index contributed by atoms with van der Waals surface area (Å²) in [6.07, 6.45) is 2.09. The Morgan fingerprint density at radius 1 is 1.37 bits per heavy atom. The van der Waals surface area contributed by atoms with Crippen molar-refractivity contribution in [3.63, 3.8) is 0 Å². The van der Waals surface area contributed by atoms with Gasteiger partial charge in [0.1, 0.15) is 5.69 Å². The standard InChI is InChI=1S/C18H26N4O5/c1-13-4-3-8-21(12-13)15-6-5-14(10-16(15)22(25)26)18(24)20-11-17(23)19-7-9-27-2/h5-6,10,13H,3-4,7-9,11-12H2,1-2H3,(H,19,23)(H,20,24)/t13-/m1/s1. The number of methoxy groups -OCH3 is 1. The molecule has 9 heteroatoms. The lowest BCUT2D eigenvalue weighted by molar-refractivity contribution is -0.384. The molecule has 0 bridgehead atoms. The minimum Gasteiger partial charge on any atom is -0.383 e. The second-order valence-corrected chi connectivity index (χ2v) is 6.68. The topological polar surface area (TPSA) is 114 Å². The molecule has 0 unspecified atom stereocenters. The van der Waals surface area contributed by atoms with E-state index in [1.807, 2.05) is 4.90 Å². The van der Waals surface area contributed by atoms with Gasteiger partial charge in [0.2, 0.25) is 5.91 Å². The molecule has 148 valence electrons. The Kier molecular flexibility index (Phi) is 7.54. The fraction of sp³-hybridized carbons (Fsp3) is 0.556. The maximum Gasteiger partial charge on any atom is 0.293 e. The highest BCUT2D eigenvalue weighted by atomic mass is 16.6. The summed E-state index contributed by atoms with van der Waals surface area (Å²) in [7, 11) is 1.52. The Hall–Kier alpha value is -2.68. The zero-order valence-electron chi connectivity index (χ0n) is 15.7. The Bertz CT molecular complexity index is 694. The van der Waals surface area contributed by atoms with Crippen LogP contribution in [-0.2, 0) is 9.53 Å². The van der Waals surface area contributed by atoms with Crippen LogP contribution in [0.15, 0.2) is 18.2 Å². The van der Waals surface area contributed by atoms with Gasteiger partial charge in [0.25, 0.3) is 11.6 Å². The maximum atomic E-state index is 12.2. The van der Waals surface area contributed by atoms with Crippen molar-refractivity contribution in [2.45, 2.75) is 19.8 Å². The zero-order valence-corrected chi connectivity index (χ0v) is 15.7. The molecule has 0 aliphatic carbocycles. The molecule has 1 aromatic rings. The van der Waals surface area contributed by atoms with Crippen LogP contribution in [0.1, 0.15) is 30.1 Å². The first kappa shape index (κ1) is 20.6. The first-order chi connectivity index (χ1) is 12.9. The molecule has 1 fully saturated rings. The van der Waals surface area contributed by atoms with E-state index in [9.17, 15) is 19.7 Å². The van der Waals surface area contributed by atoms with Crippen molar-refractivity contribution < 1.29 is 19.2 Å². The summed E-state index contributed by atoms with van der Waals surface area (Å²) in [4.78, 5) is 36.9. The summed E-state index contributed by atoms with van der Waals surface area (Å²) in [6.45, 7) is 4.16. The number of ether oxygens (including phenoxy) is 1. The lowest BCUT2D eigenvalue weighted by Crippen LogP contribution is -2.38. The van der Waals surface area contributed by atoms with E-state index < -0.39 is 10.8 Å². The van der Waals surface area contributed by atoms with Crippen molar-refractivity contribution in [1.29, 1.82) is 0 Å². The highest BCUT2D eigenvalue weighted by Crippen LogP contribution is 2.32. The third-order valence-electron chi connectivity index (χ3n) is 4.47. The van der Waals surface area contributed by atoms with Gasteiger partial charge in [-0.1, -0.05) is 6.92 Å². The number of piperidine rings is 1. The second kappa shape index (κ2) is 9.86. The van der Waals surface area contributed by atoms with Gasteiger partial charge in [-0.25, -0.2) is 0 Å². The first-order valence-electron chi connectivity index (χ1n) is 8.99. The number of nitrogens with one attached hydrogen (secondary N) is 2. The number of carbonyl (C=O) groups excluding carboxylic acids is 2. The van der Waals surface area contributed by atoms with Gasteiger partial charge >= 0.3 is 0 Å². The van der Waals surface area contributed by atoms with Crippen LogP contribution < -0.4 is 15.5 Å². The molecule has 27 heavy (non-hydrogen) atoms. The number of anilines is 1. The van der Waals surface area contributed by atoms with E-state index in [0.29, 0.717) is 24.8 Å². The predicted molar refractivity (Wildman–Crippen MR) is 101 cm³/mol. The van der Waals surface area contributed by atoms with Gasteiger partial charge in [-0.3, -0.25) is 19.7 Å². The van der Waals surface area contributed by atoms with Gasteiger partial charge < -0.3 is 20.3 Å². The highest BCUT2D eigenvalue weighted by molar-refractivity contribution is 5.97. The second-order valence-electron chi connectivity index (χ2n) is 6.68. The number of hydrogen-bond donors (Lipinski definition) is 2. The number of amides is 2. The third-order valence-corrected chi connectivity index (χ3v) is 4.47. The Balaban J connectivity index is 2.05. The van der Waals surface area contributed by atoms with Crippen molar-refractivity contribution in [2.24, 2.45) is 5.92 Å². The normalized spacial score (nSPS) is 16.7. The summed E-state index contributed by atoms with van der Waals surface area (Å²) in [5, 5.41) is 16.6. The molecule has 0 spiro atoms. The molecule has 1 saturated heterocycles. The van der Waals surface area contributed by atoms with Crippen LogP contribution in [0.2, 0.25) is 0 Å². The summed E-state index contributed by atoms with van der Waals surface area (Å²) in [6, 6.07) is 4.44. The smallest absolute Gasteiger partial charge is 0.293 e. The van der Waals surface area contributed by atoms with Crippen LogP contribution in [0.5, 0.6) is 0 Å². The number of nitrogens with zero attached hydrogens (tertiary/aromatic N) is 2. The SMILES string of the molecule is COCCNC(=O)CNC(=O)c1ccc(N2CCC[C@@H](C)C2)c([N+](=O)[O-])c1. The quantitative estimate of drug-likeness (QED) is 0.401. The fourth-order valence-electron chi connectivity index (χ4n) is 3.10. The molecule has 2 N–H and O–H groups in total. The van der Waals surface area contributed by atoms with E-state index >= 15 is 0 Å². The van der Waals surface area contributed by atoms with Crippen molar-refractivity contribution >= 4 is 23.2 Å². The Labute approximate surface area is 158 Å². The summed E-state index contributed by atoms with van der Waals surface area (Å²) >= 11 is 0. The zero-order chi connectivity index (χ0) is 19.8. The number of nitro benzene ring substituents is 1. The summed E-state index contributed by atoms with van der Waals surface area (Å²) < 4.78 is 4.82. The maximum absolute atomic E-state index is 12.2. The van der Waals surface area contributed by atoms with Crippen LogP contribution in [0.3, 0.4) is 0 Å². The Morgan fingerprint density at radius 2 is 2.15 bits per heavy atom. The van der Waals surface area contributed by atoms with Gasteiger partial charge in [-0.05, 0) is 30.9 Å². The Morgan fingerprint density at radius 3 is 2.81 bits per heavy atom. The molecule has 0 saturated carbocycles. The predicted octanol–water partition coefficient (Wildman–Crippen LogP) is 1.32. The number of rotatable bonds is 8. The number of carbonyl (C=O) groups is 2. The summed E-state index contributed by atoms with van der Waals surface area (Å²) in [5.74, 6) is -0.412. The lowest BCUT2D eigenvalue weighted by Gasteiger charge is -2.32. The lowest BCUT2D eigenvalue weighted by atomic mass is 9.99. The van der Waals surface area contributed by atoms with Crippen LogP contribution in [0.4, 0.5) is 11.4 Å². The van der Waals surface area contributed by atoms with E-state index in [0.717, 1.165) is 25.9 Å². The van der Waals surface area contributed by atoms with Crippen molar-refractivity contribution in [3.8, 4) is 0 Å². The molecule has 9 nitrogen and oxygen atoms in total. The molecule has 1 aliphatic heterocycles. The largest absolute Gasteiger partial charge is 0.383 e. The van der Waals surface area contributed by atoms with E-state index in [2.05, 4.69) is 17.6 Å².